The molecule has 102 valence electrons. The fourth-order valence-electron chi connectivity index (χ4n) is 1.23. The molecule has 2 rings (SSSR count). The first-order chi connectivity index (χ1) is 8.74. The average molecular weight is 290 g/mol. The van der Waals surface area contributed by atoms with Gasteiger partial charge in [-0.3, -0.25) is 9.59 Å². The zero-order valence-corrected chi connectivity index (χ0v) is 11.9. The lowest BCUT2D eigenvalue weighted by molar-refractivity contribution is -0.145. The lowest BCUT2D eigenvalue weighted by Crippen LogP contribution is -2.07. The van der Waals surface area contributed by atoms with E-state index < -0.39 is 0 Å². The van der Waals surface area contributed by atoms with Crippen molar-refractivity contribution < 1.29 is 19.1 Å². The Bertz CT molecular complexity index is 270. The van der Waals surface area contributed by atoms with E-state index >= 15 is 0 Å². The van der Waals surface area contributed by atoms with E-state index in [0.717, 1.165) is 37.2 Å². The van der Waals surface area contributed by atoms with Gasteiger partial charge in [-0.15, -0.1) is 0 Å². The number of carbonyl (C=O) groups excluding carboxylic acids is 2. The van der Waals surface area contributed by atoms with Crippen LogP contribution in [-0.4, -0.2) is 35.7 Å². The second kappa shape index (κ2) is 7.28. The molecule has 4 nitrogen and oxygen atoms in total. The fourth-order valence-corrected chi connectivity index (χ4v) is 3.17. The normalized spacial score (nSPS) is 18.4. The monoisotopic (exact) mass is 290 g/mol. The van der Waals surface area contributed by atoms with Gasteiger partial charge in [0.1, 0.15) is 12.2 Å². The highest BCUT2D eigenvalue weighted by Crippen LogP contribution is 2.27. The highest BCUT2D eigenvalue weighted by molar-refractivity contribution is 8.76. The maximum atomic E-state index is 11.2. The van der Waals surface area contributed by atoms with Crippen LogP contribution in [0.15, 0.2) is 0 Å². The van der Waals surface area contributed by atoms with Crippen molar-refractivity contribution in [3.63, 3.8) is 0 Å². The second-order valence-electron chi connectivity index (χ2n) is 4.52. The molecule has 0 bridgehead atoms. The average Bonchev–Trinajstić information content (AvgIpc) is 3.19. The summed E-state index contributed by atoms with van der Waals surface area (Å²) in [5, 5.41) is 0. The third-order valence-corrected chi connectivity index (χ3v) is 4.92. The fraction of sp³-hybridized carbons (Fsp3) is 0.833. The Balaban J connectivity index is 1.36. The molecule has 0 aromatic carbocycles. The number of esters is 2. The third kappa shape index (κ3) is 6.54. The summed E-state index contributed by atoms with van der Waals surface area (Å²) in [6.45, 7) is 0. The van der Waals surface area contributed by atoms with Gasteiger partial charge >= 0.3 is 11.9 Å². The Labute approximate surface area is 115 Å². The Morgan fingerprint density at radius 3 is 1.56 bits per heavy atom. The number of ether oxygens (including phenoxy) is 2. The van der Waals surface area contributed by atoms with E-state index in [4.69, 9.17) is 9.47 Å². The zero-order chi connectivity index (χ0) is 12.8. The first-order valence-corrected chi connectivity index (χ1v) is 8.86. The van der Waals surface area contributed by atoms with Gasteiger partial charge in [-0.1, -0.05) is 21.6 Å². The lowest BCUT2D eigenvalue weighted by Gasteiger charge is -2.03. The molecule has 0 heterocycles. The molecule has 2 saturated carbocycles. The Hall–Kier alpha value is -0.360. The first-order valence-electron chi connectivity index (χ1n) is 6.37. The maximum Gasteiger partial charge on any atom is 0.306 e. The van der Waals surface area contributed by atoms with E-state index in [1.54, 1.807) is 21.6 Å². The van der Waals surface area contributed by atoms with Gasteiger partial charge in [0.15, 0.2) is 0 Å². The van der Waals surface area contributed by atoms with Gasteiger partial charge < -0.3 is 9.47 Å². The van der Waals surface area contributed by atoms with Gasteiger partial charge in [0.05, 0.1) is 12.8 Å². The van der Waals surface area contributed by atoms with E-state index in [-0.39, 0.29) is 24.1 Å². The lowest BCUT2D eigenvalue weighted by atomic mass is 10.5. The summed E-state index contributed by atoms with van der Waals surface area (Å²) in [4.78, 5) is 22.5. The van der Waals surface area contributed by atoms with Crippen molar-refractivity contribution in [2.45, 2.75) is 50.7 Å². The zero-order valence-electron chi connectivity index (χ0n) is 10.3. The Morgan fingerprint density at radius 2 is 1.22 bits per heavy atom. The topological polar surface area (TPSA) is 52.6 Å². The van der Waals surface area contributed by atoms with Gasteiger partial charge in [-0.25, -0.2) is 0 Å². The van der Waals surface area contributed by atoms with Crippen LogP contribution in [0.2, 0.25) is 0 Å². The first kappa shape index (κ1) is 14.1. The molecular formula is C12H18O4S2. The molecule has 0 N–H and O–H groups in total. The second-order valence-corrected chi connectivity index (χ2v) is 7.22. The highest BCUT2D eigenvalue weighted by Gasteiger charge is 2.26. The highest BCUT2D eigenvalue weighted by atomic mass is 33.1. The van der Waals surface area contributed by atoms with E-state index in [9.17, 15) is 9.59 Å². The molecule has 0 spiro atoms. The number of rotatable bonds is 9. The molecule has 0 aromatic heterocycles. The smallest absolute Gasteiger partial charge is 0.306 e. The molecule has 0 unspecified atom stereocenters. The van der Waals surface area contributed by atoms with Crippen LogP contribution >= 0.6 is 21.6 Å². The summed E-state index contributed by atoms with van der Waals surface area (Å²) >= 11 is 0. The third-order valence-electron chi connectivity index (χ3n) is 2.51. The van der Waals surface area contributed by atoms with Gasteiger partial charge in [0, 0.05) is 11.5 Å². The van der Waals surface area contributed by atoms with E-state index in [1.807, 2.05) is 0 Å². The van der Waals surface area contributed by atoms with Crippen molar-refractivity contribution in [1.29, 1.82) is 0 Å². The molecule has 2 aliphatic rings. The standard InChI is InChI=1S/C12H18O4S2/c13-11(15-9-1-2-9)5-7-17-18-8-6-12(14)16-10-3-4-10/h9-10H,1-8H2. The SMILES string of the molecule is O=C(CCSSCCC(=O)OC1CC1)OC1CC1. The molecule has 0 saturated heterocycles. The summed E-state index contributed by atoms with van der Waals surface area (Å²) in [7, 11) is 3.23. The molecule has 6 heteroatoms. The predicted octanol–water partition coefficient (Wildman–Crippen LogP) is 2.56. The van der Waals surface area contributed by atoms with Crippen LogP contribution < -0.4 is 0 Å². The molecule has 18 heavy (non-hydrogen) atoms. The maximum absolute atomic E-state index is 11.2. The van der Waals surface area contributed by atoms with Crippen molar-refractivity contribution in [3.8, 4) is 0 Å². The van der Waals surface area contributed by atoms with Crippen LogP contribution in [0, 0.1) is 0 Å². The van der Waals surface area contributed by atoms with Crippen LogP contribution in [0.1, 0.15) is 38.5 Å². The molecule has 0 atom stereocenters. The van der Waals surface area contributed by atoms with Crippen molar-refractivity contribution in [3.05, 3.63) is 0 Å². The van der Waals surface area contributed by atoms with Crippen LogP contribution in [0.3, 0.4) is 0 Å². The van der Waals surface area contributed by atoms with Crippen LogP contribution in [0.4, 0.5) is 0 Å². The molecule has 0 radical (unpaired) electrons. The summed E-state index contributed by atoms with van der Waals surface area (Å²) in [5.41, 5.74) is 0. The van der Waals surface area contributed by atoms with Gasteiger partial charge in [-0.05, 0) is 25.7 Å². The summed E-state index contributed by atoms with van der Waals surface area (Å²) in [6, 6.07) is 0. The van der Waals surface area contributed by atoms with Gasteiger partial charge in [0.25, 0.3) is 0 Å². The van der Waals surface area contributed by atoms with Crippen molar-refractivity contribution >= 4 is 33.5 Å². The van der Waals surface area contributed by atoms with E-state index in [1.165, 1.54) is 0 Å². The molecule has 0 aromatic rings. The van der Waals surface area contributed by atoms with Crippen LogP contribution in [-0.2, 0) is 19.1 Å². The Kier molecular flexibility index (Phi) is 5.69. The Morgan fingerprint density at radius 1 is 0.833 bits per heavy atom. The van der Waals surface area contributed by atoms with Crippen molar-refractivity contribution in [1.82, 2.24) is 0 Å². The summed E-state index contributed by atoms with van der Waals surface area (Å²) < 4.78 is 10.2. The predicted molar refractivity (Wildman–Crippen MR) is 72.4 cm³/mol. The molecule has 2 fully saturated rings. The van der Waals surface area contributed by atoms with Crippen LogP contribution in [0.5, 0.6) is 0 Å². The van der Waals surface area contributed by atoms with Crippen molar-refractivity contribution in [2.75, 3.05) is 11.5 Å². The molecule has 0 amide bonds. The summed E-state index contributed by atoms with van der Waals surface area (Å²) in [6.07, 6.45) is 5.42. The largest absolute Gasteiger partial charge is 0.462 e. The van der Waals surface area contributed by atoms with Crippen LogP contribution in [0.25, 0.3) is 0 Å². The van der Waals surface area contributed by atoms with E-state index in [2.05, 4.69) is 0 Å². The number of hydrogen-bond donors (Lipinski definition) is 0. The van der Waals surface area contributed by atoms with Crippen molar-refractivity contribution in [2.24, 2.45) is 0 Å². The number of carbonyl (C=O) groups is 2. The molecule has 2 aliphatic carbocycles. The number of hydrogen-bond acceptors (Lipinski definition) is 6. The molecular weight excluding hydrogens is 272 g/mol. The minimum absolute atomic E-state index is 0.0984. The minimum atomic E-state index is -0.0984. The summed E-state index contributed by atoms with van der Waals surface area (Å²) in [5.74, 6) is 1.29. The van der Waals surface area contributed by atoms with Gasteiger partial charge in [0.2, 0.25) is 0 Å². The van der Waals surface area contributed by atoms with E-state index in [0.29, 0.717) is 12.8 Å². The molecule has 0 aliphatic heterocycles. The minimum Gasteiger partial charge on any atom is -0.462 e. The van der Waals surface area contributed by atoms with Gasteiger partial charge in [-0.2, -0.15) is 0 Å². The quantitative estimate of drug-likeness (QED) is 0.369.